The zero-order valence-corrected chi connectivity index (χ0v) is 10.8. The Hall–Kier alpha value is -1.55. The molecule has 0 saturated heterocycles. The van der Waals surface area contributed by atoms with E-state index in [9.17, 15) is 0 Å². The average molecular weight is 248 g/mol. The molecule has 90 valence electrons. The fraction of sp³-hybridized carbons (Fsp3) is 0.308. The Kier molecular flexibility index (Phi) is 3.33. The summed E-state index contributed by atoms with van der Waals surface area (Å²) in [4.78, 5) is 4.31. The van der Waals surface area contributed by atoms with Crippen molar-refractivity contribution >= 4 is 16.5 Å². The summed E-state index contributed by atoms with van der Waals surface area (Å²) < 4.78 is 5.76. The van der Waals surface area contributed by atoms with Crippen molar-refractivity contribution in [2.45, 2.75) is 19.3 Å². The van der Waals surface area contributed by atoms with Gasteiger partial charge in [-0.25, -0.2) is 4.98 Å². The molecule has 0 fully saturated rings. The molecule has 0 amide bonds. The molecule has 0 spiro atoms. The van der Waals surface area contributed by atoms with Crippen molar-refractivity contribution in [3.05, 3.63) is 41.4 Å². The van der Waals surface area contributed by atoms with Crippen LogP contribution in [0.5, 0.6) is 5.75 Å². The summed E-state index contributed by atoms with van der Waals surface area (Å²) in [5.74, 6) is 0.878. The highest BCUT2D eigenvalue weighted by atomic mass is 32.1. The van der Waals surface area contributed by atoms with Gasteiger partial charge in [-0.15, -0.1) is 11.3 Å². The van der Waals surface area contributed by atoms with Crippen LogP contribution >= 0.6 is 11.3 Å². The highest BCUT2D eigenvalue weighted by molar-refractivity contribution is 7.13. The lowest BCUT2D eigenvalue weighted by Crippen LogP contribution is -2.26. The summed E-state index contributed by atoms with van der Waals surface area (Å²) in [6.45, 7) is 4.79. The first-order valence-corrected chi connectivity index (χ1v) is 6.35. The first-order chi connectivity index (χ1) is 8.08. The molecule has 4 heteroatoms. The number of benzene rings is 1. The Bertz CT molecular complexity index is 479. The van der Waals surface area contributed by atoms with Gasteiger partial charge >= 0.3 is 0 Å². The third kappa shape index (κ3) is 2.97. The number of aromatic nitrogens is 1. The summed E-state index contributed by atoms with van der Waals surface area (Å²) in [5.41, 5.74) is 6.50. The van der Waals surface area contributed by atoms with Gasteiger partial charge in [-0.3, -0.25) is 0 Å². The highest BCUT2D eigenvalue weighted by Gasteiger charge is 2.24. The molecule has 0 atom stereocenters. The number of ether oxygens (including phenoxy) is 1. The highest BCUT2D eigenvalue weighted by Crippen LogP contribution is 2.26. The van der Waals surface area contributed by atoms with Crippen molar-refractivity contribution < 1.29 is 4.74 Å². The van der Waals surface area contributed by atoms with Crippen LogP contribution in [0.25, 0.3) is 0 Å². The van der Waals surface area contributed by atoms with Crippen LogP contribution in [0.1, 0.15) is 19.5 Å². The Labute approximate surface area is 105 Å². The molecule has 0 bridgehead atoms. The van der Waals surface area contributed by atoms with E-state index in [2.05, 4.69) is 18.8 Å². The fourth-order valence-electron chi connectivity index (χ4n) is 1.45. The SMILES string of the molecule is CC(C)(COc1ccccc1)c1csc(N)n1. The topological polar surface area (TPSA) is 48.1 Å². The number of thiazole rings is 1. The first kappa shape index (κ1) is 11.9. The Balaban J connectivity index is 2.03. The second-order valence-corrected chi connectivity index (χ2v) is 5.45. The Morgan fingerprint density at radius 3 is 2.59 bits per heavy atom. The van der Waals surface area contributed by atoms with Gasteiger partial charge in [0.25, 0.3) is 0 Å². The maximum Gasteiger partial charge on any atom is 0.180 e. The average Bonchev–Trinajstić information content (AvgIpc) is 2.76. The van der Waals surface area contributed by atoms with Gasteiger partial charge in [-0.1, -0.05) is 32.0 Å². The van der Waals surface area contributed by atoms with E-state index in [1.165, 1.54) is 11.3 Å². The first-order valence-electron chi connectivity index (χ1n) is 5.47. The van der Waals surface area contributed by atoms with Crippen LogP contribution < -0.4 is 10.5 Å². The second-order valence-electron chi connectivity index (χ2n) is 4.56. The smallest absolute Gasteiger partial charge is 0.180 e. The second kappa shape index (κ2) is 4.75. The maximum absolute atomic E-state index is 5.76. The molecule has 0 unspecified atom stereocenters. The fourth-order valence-corrected chi connectivity index (χ4v) is 2.21. The number of para-hydroxylation sites is 1. The van der Waals surface area contributed by atoms with Gasteiger partial charge in [0, 0.05) is 10.8 Å². The zero-order valence-electron chi connectivity index (χ0n) is 10.0. The number of nitrogens with zero attached hydrogens (tertiary/aromatic N) is 1. The number of nitrogen functional groups attached to an aromatic ring is 1. The lowest BCUT2D eigenvalue weighted by Gasteiger charge is -2.22. The van der Waals surface area contributed by atoms with E-state index in [1.54, 1.807) is 0 Å². The van der Waals surface area contributed by atoms with Gasteiger partial charge in [0.15, 0.2) is 5.13 Å². The van der Waals surface area contributed by atoms with Gasteiger partial charge < -0.3 is 10.5 Å². The molecule has 1 heterocycles. The Morgan fingerprint density at radius 2 is 2.00 bits per heavy atom. The molecular formula is C13H16N2OS. The van der Waals surface area contributed by atoms with Crippen LogP contribution in [0.3, 0.4) is 0 Å². The Morgan fingerprint density at radius 1 is 1.29 bits per heavy atom. The molecule has 1 aromatic heterocycles. The van der Waals surface area contributed by atoms with E-state index in [0.29, 0.717) is 11.7 Å². The molecule has 3 nitrogen and oxygen atoms in total. The number of hydrogen-bond acceptors (Lipinski definition) is 4. The van der Waals surface area contributed by atoms with Crippen molar-refractivity contribution in [2.75, 3.05) is 12.3 Å². The normalized spacial score (nSPS) is 11.4. The van der Waals surface area contributed by atoms with Crippen molar-refractivity contribution in [3.63, 3.8) is 0 Å². The molecule has 0 aliphatic heterocycles. The van der Waals surface area contributed by atoms with Crippen LogP contribution in [-0.2, 0) is 5.41 Å². The third-order valence-corrected chi connectivity index (χ3v) is 3.23. The van der Waals surface area contributed by atoms with Crippen molar-refractivity contribution in [1.29, 1.82) is 0 Å². The van der Waals surface area contributed by atoms with Crippen molar-refractivity contribution in [2.24, 2.45) is 0 Å². The van der Waals surface area contributed by atoms with Gasteiger partial charge in [0.1, 0.15) is 5.75 Å². The summed E-state index contributed by atoms with van der Waals surface area (Å²) in [5, 5.41) is 2.59. The van der Waals surface area contributed by atoms with Crippen LogP contribution in [0, 0.1) is 0 Å². The molecule has 2 aromatic rings. The van der Waals surface area contributed by atoms with Crippen LogP contribution in [0.2, 0.25) is 0 Å². The molecular weight excluding hydrogens is 232 g/mol. The van der Waals surface area contributed by atoms with E-state index in [1.807, 2.05) is 35.7 Å². The monoisotopic (exact) mass is 248 g/mol. The standard InChI is InChI=1S/C13H16N2OS/c1-13(2,11-8-17-12(14)15-11)9-16-10-6-4-3-5-7-10/h3-8H,9H2,1-2H3,(H2,14,15). The minimum Gasteiger partial charge on any atom is -0.493 e. The molecule has 0 saturated carbocycles. The van der Waals surface area contributed by atoms with Gasteiger partial charge in [0.05, 0.1) is 12.3 Å². The summed E-state index contributed by atoms with van der Waals surface area (Å²) in [7, 11) is 0. The molecule has 17 heavy (non-hydrogen) atoms. The minimum absolute atomic E-state index is 0.135. The van der Waals surface area contributed by atoms with E-state index in [-0.39, 0.29) is 5.41 Å². The number of rotatable bonds is 4. The van der Waals surface area contributed by atoms with Gasteiger partial charge in [0.2, 0.25) is 0 Å². The lowest BCUT2D eigenvalue weighted by molar-refractivity contribution is 0.238. The zero-order chi connectivity index (χ0) is 12.3. The largest absolute Gasteiger partial charge is 0.493 e. The summed E-state index contributed by atoms with van der Waals surface area (Å²) in [6, 6.07) is 9.79. The molecule has 2 rings (SSSR count). The molecule has 0 radical (unpaired) electrons. The number of hydrogen-bond donors (Lipinski definition) is 1. The van der Waals surface area contributed by atoms with Gasteiger partial charge in [-0.05, 0) is 12.1 Å². The number of nitrogens with two attached hydrogens (primary N) is 1. The quantitative estimate of drug-likeness (QED) is 0.904. The lowest BCUT2D eigenvalue weighted by atomic mass is 9.91. The predicted molar refractivity (Wildman–Crippen MR) is 71.5 cm³/mol. The van der Waals surface area contributed by atoms with E-state index in [0.717, 1.165) is 11.4 Å². The summed E-state index contributed by atoms with van der Waals surface area (Å²) in [6.07, 6.45) is 0. The van der Waals surface area contributed by atoms with Crippen LogP contribution in [-0.4, -0.2) is 11.6 Å². The molecule has 2 N–H and O–H groups in total. The number of anilines is 1. The molecule has 1 aromatic carbocycles. The van der Waals surface area contributed by atoms with E-state index >= 15 is 0 Å². The molecule has 0 aliphatic rings. The molecule has 0 aliphatic carbocycles. The van der Waals surface area contributed by atoms with Gasteiger partial charge in [-0.2, -0.15) is 0 Å². The van der Waals surface area contributed by atoms with Crippen LogP contribution in [0.4, 0.5) is 5.13 Å². The predicted octanol–water partition coefficient (Wildman–Crippen LogP) is 3.08. The third-order valence-electron chi connectivity index (χ3n) is 2.56. The maximum atomic E-state index is 5.76. The minimum atomic E-state index is -0.135. The van der Waals surface area contributed by atoms with Crippen molar-refractivity contribution in [3.8, 4) is 5.75 Å². The van der Waals surface area contributed by atoms with E-state index in [4.69, 9.17) is 10.5 Å². The van der Waals surface area contributed by atoms with Crippen molar-refractivity contribution in [1.82, 2.24) is 4.98 Å². The summed E-state index contributed by atoms with van der Waals surface area (Å²) >= 11 is 1.46. The van der Waals surface area contributed by atoms with Crippen LogP contribution in [0.15, 0.2) is 35.7 Å². The van der Waals surface area contributed by atoms with E-state index < -0.39 is 0 Å².